The number of rotatable bonds is 5. The summed E-state index contributed by atoms with van der Waals surface area (Å²) in [5.74, 6) is 1.84. The van der Waals surface area contributed by atoms with Gasteiger partial charge in [0.1, 0.15) is 0 Å². The maximum atomic E-state index is 13.4. The Hall–Kier alpha value is -1.19. The number of carbonyl (C=O) groups excluding carboxylic acids is 1. The van der Waals surface area contributed by atoms with Crippen molar-refractivity contribution in [1.29, 1.82) is 0 Å². The van der Waals surface area contributed by atoms with Gasteiger partial charge in [-0.3, -0.25) is 4.79 Å². The first-order valence-corrected chi connectivity index (χ1v) is 10.2. The van der Waals surface area contributed by atoms with Gasteiger partial charge in [-0.2, -0.15) is 0 Å². The summed E-state index contributed by atoms with van der Waals surface area (Å²) in [5, 5.41) is 0. The van der Waals surface area contributed by atoms with E-state index in [1.165, 1.54) is 57.8 Å². The van der Waals surface area contributed by atoms with Crippen LogP contribution in [0.15, 0.2) is 24.3 Å². The normalized spacial score (nSPS) is 24.6. The highest BCUT2D eigenvalue weighted by Crippen LogP contribution is 2.42. The summed E-state index contributed by atoms with van der Waals surface area (Å²) in [6.45, 7) is 1.30. The largest absolute Gasteiger partial charge is 0.346 e. The molecular weight excluding hydrogens is 312 g/mol. The van der Waals surface area contributed by atoms with Crippen LogP contribution in [0.2, 0.25) is 0 Å². The maximum absolute atomic E-state index is 13.4. The number of Topliss-reactive ketones (excluding diaryl/α,β-unsaturated/α-hetero) is 1. The van der Waals surface area contributed by atoms with Crippen molar-refractivity contribution in [3.05, 3.63) is 35.4 Å². The molecule has 1 saturated heterocycles. The van der Waals surface area contributed by atoms with E-state index in [0.29, 0.717) is 30.8 Å². The number of benzene rings is 1. The van der Waals surface area contributed by atoms with E-state index in [1.54, 1.807) is 0 Å². The summed E-state index contributed by atoms with van der Waals surface area (Å²) >= 11 is 0. The molecule has 1 heterocycles. The number of ether oxygens (including phenoxy) is 2. The van der Waals surface area contributed by atoms with Crippen LogP contribution in [0.1, 0.15) is 80.0 Å². The Labute approximate surface area is 151 Å². The van der Waals surface area contributed by atoms with E-state index in [1.807, 2.05) is 24.3 Å². The highest BCUT2D eigenvalue weighted by Gasteiger charge is 2.37. The Bertz CT molecular complexity index is 561. The van der Waals surface area contributed by atoms with Crippen LogP contribution in [0.25, 0.3) is 0 Å². The van der Waals surface area contributed by atoms with Crippen LogP contribution in [-0.2, 0) is 9.47 Å². The van der Waals surface area contributed by atoms with Crippen LogP contribution < -0.4 is 0 Å². The van der Waals surface area contributed by atoms with Gasteiger partial charge in [0, 0.05) is 17.0 Å². The van der Waals surface area contributed by atoms with Gasteiger partial charge >= 0.3 is 0 Å². The summed E-state index contributed by atoms with van der Waals surface area (Å²) in [7, 11) is 0. The highest BCUT2D eigenvalue weighted by molar-refractivity contribution is 5.98. The molecule has 1 aliphatic heterocycles. The lowest BCUT2D eigenvalue weighted by molar-refractivity contribution is -0.0441. The molecule has 1 aromatic carbocycles. The van der Waals surface area contributed by atoms with E-state index >= 15 is 0 Å². The van der Waals surface area contributed by atoms with Crippen molar-refractivity contribution in [2.45, 2.75) is 64.1 Å². The smallest absolute Gasteiger partial charge is 0.184 e. The average Bonchev–Trinajstić information content (AvgIpc) is 3.37. The van der Waals surface area contributed by atoms with Crippen molar-refractivity contribution in [3.63, 3.8) is 0 Å². The molecule has 4 rings (SSSR count). The second-order valence-corrected chi connectivity index (χ2v) is 8.03. The molecule has 0 spiro atoms. The summed E-state index contributed by atoms with van der Waals surface area (Å²) in [4.78, 5) is 13.4. The molecule has 1 unspecified atom stereocenters. The molecule has 0 N–H and O–H groups in total. The minimum Gasteiger partial charge on any atom is -0.346 e. The Morgan fingerprint density at radius 1 is 0.800 bits per heavy atom. The standard InChI is InChI=1S/C22H30O3/c23-21(18-10-12-19(13-11-18)22-24-14-15-25-22)20(17-8-4-5-9-17)16-6-2-1-3-7-16/h10-13,16-17,20,22H,1-9,14-15H2. The molecule has 1 aromatic rings. The Morgan fingerprint density at radius 2 is 1.32 bits per heavy atom. The van der Waals surface area contributed by atoms with Gasteiger partial charge in [0.15, 0.2) is 12.1 Å². The third kappa shape index (κ3) is 3.83. The topological polar surface area (TPSA) is 35.5 Å². The van der Waals surface area contributed by atoms with Gasteiger partial charge in [-0.1, -0.05) is 56.4 Å². The van der Waals surface area contributed by atoms with Crippen molar-refractivity contribution >= 4 is 5.78 Å². The highest BCUT2D eigenvalue weighted by atomic mass is 16.7. The van der Waals surface area contributed by atoms with Crippen molar-refractivity contribution < 1.29 is 14.3 Å². The van der Waals surface area contributed by atoms with Crippen LogP contribution in [-0.4, -0.2) is 19.0 Å². The van der Waals surface area contributed by atoms with Crippen LogP contribution in [0.5, 0.6) is 0 Å². The van der Waals surface area contributed by atoms with E-state index in [0.717, 1.165) is 11.1 Å². The molecule has 1 atom stereocenters. The Kier molecular flexibility index (Phi) is 5.52. The van der Waals surface area contributed by atoms with Gasteiger partial charge in [-0.05, 0) is 37.5 Å². The lowest BCUT2D eigenvalue weighted by Gasteiger charge is -2.33. The molecule has 0 aromatic heterocycles. The van der Waals surface area contributed by atoms with E-state index in [4.69, 9.17) is 9.47 Å². The van der Waals surface area contributed by atoms with Crippen molar-refractivity contribution in [3.8, 4) is 0 Å². The molecule has 2 aliphatic carbocycles. The summed E-state index contributed by atoms with van der Waals surface area (Å²) in [6, 6.07) is 8.01. The van der Waals surface area contributed by atoms with Crippen LogP contribution in [0.3, 0.4) is 0 Å². The summed E-state index contributed by atoms with van der Waals surface area (Å²) in [6.07, 6.45) is 11.3. The molecule has 3 fully saturated rings. The summed E-state index contributed by atoms with van der Waals surface area (Å²) < 4.78 is 11.1. The lowest BCUT2D eigenvalue weighted by Crippen LogP contribution is -2.31. The molecule has 3 nitrogen and oxygen atoms in total. The molecule has 25 heavy (non-hydrogen) atoms. The SMILES string of the molecule is O=C(c1ccc(C2OCCO2)cc1)C(C1CCCCC1)C1CCCC1. The van der Waals surface area contributed by atoms with Gasteiger partial charge in [0.25, 0.3) is 0 Å². The summed E-state index contributed by atoms with van der Waals surface area (Å²) in [5.41, 5.74) is 1.90. The second kappa shape index (κ2) is 8.01. The number of ketones is 1. The molecule has 2 saturated carbocycles. The van der Waals surface area contributed by atoms with Crippen LogP contribution in [0, 0.1) is 17.8 Å². The molecule has 136 valence electrons. The zero-order valence-electron chi connectivity index (χ0n) is 15.1. The van der Waals surface area contributed by atoms with Gasteiger partial charge < -0.3 is 9.47 Å². The molecule has 3 heteroatoms. The minimum atomic E-state index is -0.256. The number of hydrogen-bond acceptors (Lipinski definition) is 3. The number of hydrogen-bond donors (Lipinski definition) is 0. The van der Waals surface area contributed by atoms with Gasteiger partial charge in [0.05, 0.1) is 13.2 Å². The van der Waals surface area contributed by atoms with E-state index in [-0.39, 0.29) is 12.2 Å². The first kappa shape index (κ1) is 17.2. The monoisotopic (exact) mass is 342 g/mol. The average molecular weight is 342 g/mol. The van der Waals surface area contributed by atoms with Crippen LogP contribution >= 0.6 is 0 Å². The van der Waals surface area contributed by atoms with Crippen LogP contribution in [0.4, 0.5) is 0 Å². The zero-order valence-corrected chi connectivity index (χ0v) is 15.1. The molecular formula is C22H30O3. The van der Waals surface area contributed by atoms with Gasteiger partial charge in [-0.15, -0.1) is 0 Å². The zero-order chi connectivity index (χ0) is 17.1. The lowest BCUT2D eigenvalue weighted by atomic mass is 9.70. The quantitative estimate of drug-likeness (QED) is 0.681. The van der Waals surface area contributed by atoms with E-state index < -0.39 is 0 Å². The van der Waals surface area contributed by atoms with Gasteiger partial charge in [-0.25, -0.2) is 0 Å². The van der Waals surface area contributed by atoms with Crippen molar-refractivity contribution in [2.24, 2.45) is 17.8 Å². The van der Waals surface area contributed by atoms with E-state index in [9.17, 15) is 4.79 Å². The van der Waals surface area contributed by atoms with Crippen molar-refractivity contribution in [2.75, 3.05) is 13.2 Å². The second-order valence-electron chi connectivity index (χ2n) is 8.03. The molecule has 0 radical (unpaired) electrons. The third-order valence-electron chi connectivity index (χ3n) is 6.46. The molecule has 3 aliphatic rings. The van der Waals surface area contributed by atoms with Crippen molar-refractivity contribution in [1.82, 2.24) is 0 Å². The molecule has 0 amide bonds. The Morgan fingerprint density at radius 3 is 1.88 bits per heavy atom. The fourth-order valence-corrected chi connectivity index (χ4v) is 5.17. The first-order chi connectivity index (χ1) is 12.3. The Balaban J connectivity index is 1.52. The maximum Gasteiger partial charge on any atom is 0.184 e. The predicted octanol–water partition coefficient (Wildman–Crippen LogP) is 5.30. The van der Waals surface area contributed by atoms with E-state index in [2.05, 4.69) is 0 Å². The fraction of sp³-hybridized carbons (Fsp3) is 0.682. The first-order valence-electron chi connectivity index (χ1n) is 10.2. The fourth-order valence-electron chi connectivity index (χ4n) is 5.17. The van der Waals surface area contributed by atoms with Gasteiger partial charge in [0.2, 0.25) is 0 Å². The number of carbonyl (C=O) groups is 1. The predicted molar refractivity (Wildman–Crippen MR) is 97.4 cm³/mol. The minimum absolute atomic E-state index is 0.243. The molecule has 0 bridgehead atoms. The third-order valence-corrected chi connectivity index (χ3v) is 6.46.